The van der Waals surface area contributed by atoms with Crippen molar-refractivity contribution in [1.29, 1.82) is 0 Å². The minimum atomic E-state index is -0.303. The van der Waals surface area contributed by atoms with Crippen LogP contribution in [0, 0.1) is 0 Å². The van der Waals surface area contributed by atoms with Crippen molar-refractivity contribution in [2.45, 2.75) is 65.5 Å². The molecule has 3 heterocycles. The zero-order valence-electron chi connectivity index (χ0n) is 29.1. The molecule has 262 valence electrons. The van der Waals surface area contributed by atoms with E-state index in [9.17, 15) is 14.4 Å². The number of pyridine rings is 1. The first-order valence-corrected chi connectivity index (χ1v) is 17.5. The number of carbonyl (C=O) groups is 3. The molecule has 0 spiro atoms. The van der Waals surface area contributed by atoms with Gasteiger partial charge in [-0.2, -0.15) is 0 Å². The Balaban J connectivity index is 1.37. The summed E-state index contributed by atoms with van der Waals surface area (Å²) in [5.41, 5.74) is 10.8. The summed E-state index contributed by atoms with van der Waals surface area (Å²) in [5, 5.41) is 3.90. The van der Waals surface area contributed by atoms with Gasteiger partial charge >= 0.3 is 12.0 Å². The fraction of sp³-hybridized carbons (Fsp3) is 0.486. The topological polar surface area (TPSA) is 139 Å². The first kappa shape index (κ1) is 35.6. The number of para-hydroxylation sites is 1. The number of urea groups is 1. The number of imidazole rings is 1. The highest BCUT2D eigenvalue weighted by Gasteiger charge is 2.23. The largest absolute Gasteiger partial charge is 0.469 e. The number of fused-ring (bicyclic) bond motifs is 3. The number of unbranched alkanes of at least 4 members (excludes halogenated alkanes) is 1. The van der Waals surface area contributed by atoms with E-state index in [1.54, 1.807) is 0 Å². The third kappa shape index (κ3) is 9.05. The lowest BCUT2D eigenvalue weighted by Crippen LogP contribution is -2.44. The average molecular weight is 671 g/mol. The molecule has 3 amide bonds. The first-order valence-electron chi connectivity index (χ1n) is 17.5. The molecule has 2 aromatic heterocycles. The standard InChI is InChI=1S/C37H50N8O4/c1-4-6-16-31-41-34-35(29-14-7-8-15-30(29)40-36(34)38)45(31)20-11-19-44(25-28-13-9-12-27(23-28)24-33(47)49-3)32(46)26-42-17-10-18-43(22-21-42)37(48)39-5-2/h7-9,12-15,23H,4-6,10-11,16-22,24-26H2,1-3H3,(H2,38,40)(H,39,48). The van der Waals surface area contributed by atoms with Gasteiger partial charge in [0.2, 0.25) is 5.91 Å². The molecule has 0 bridgehead atoms. The Labute approximate surface area is 288 Å². The van der Waals surface area contributed by atoms with Gasteiger partial charge in [-0.05, 0) is 43.4 Å². The first-order chi connectivity index (χ1) is 23.8. The second-order valence-corrected chi connectivity index (χ2v) is 12.7. The van der Waals surface area contributed by atoms with Gasteiger partial charge in [-0.15, -0.1) is 0 Å². The van der Waals surface area contributed by atoms with Crippen LogP contribution in [0.1, 0.15) is 56.5 Å². The molecule has 5 rings (SSSR count). The summed E-state index contributed by atoms with van der Waals surface area (Å²) >= 11 is 0. The van der Waals surface area contributed by atoms with Crippen LogP contribution in [0.15, 0.2) is 48.5 Å². The lowest BCUT2D eigenvalue weighted by Gasteiger charge is -2.27. The molecule has 0 unspecified atom stereocenters. The van der Waals surface area contributed by atoms with Crippen LogP contribution in [0.2, 0.25) is 0 Å². The molecule has 12 heteroatoms. The van der Waals surface area contributed by atoms with Crippen LogP contribution in [0.25, 0.3) is 21.9 Å². The van der Waals surface area contributed by atoms with Crippen molar-refractivity contribution < 1.29 is 19.1 Å². The Kier molecular flexibility index (Phi) is 12.4. The number of methoxy groups -OCH3 is 1. The van der Waals surface area contributed by atoms with Gasteiger partial charge in [0, 0.05) is 64.2 Å². The molecule has 0 saturated carbocycles. The number of hydrogen-bond donors (Lipinski definition) is 2. The number of benzene rings is 2. The zero-order valence-corrected chi connectivity index (χ0v) is 29.1. The number of nitrogens with one attached hydrogen (secondary N) is 1. The van der Waals surface area contributed by atoms with E-state index < -0.39 is 0 Å². The Morgan fingerprint density at radius 3 is 2.59 bits per heavy atom. The molecule has 1 aliphatic heterocycles. The van der Waals surface area contributed by atoms with Crippen molar-refractivity contribution in [1.82, 2.24) is 34.6 Å². The molecule has 0 radical (unpaired) electrons. The number of nitrogens with zero attached hydrogens (tertiary/aromatic N) is 6. The monoisotopic (exact) mass is 670 g/mol. The zero-order chi connectivity index (χ0) is 34.8. The molecule has 4 aromatic rings. The van der Waals surface area contributed by atoms with Crippen LogP contribution in [0.4, 0.5) is 10.6 Å². The highest BCUT2D eigenvalue weighted by Crippen LogP contribution is 2.29. The Bertz CT molecular complexity index is 1760. The van der Waals surface area contributed by atoms with E-state index in [0.717, 1.165) is 71.1 Å². The number of ether oxygens (including phenoxy) is 1. The van der Waals surface area contributed by atoms with Crippen LogP contribution in [-0.2, 0) is 40.3 Å². The third-order valence-corrected chi connectivity index (χ3v) is 9.11. The Hall–Kier alpha value is -4.71. The van der Waals surface area contributed by atoms with Crippen LogP contribution in [-0.4, -0.2) is 100 Å². The molecule has 0 aliphatic carbocycles. The van der Waals surface area contributed by atoms with Gasteiger partial charge in [-0.3, -0.25) is 14.5 Å². The van der Waals surface area contributed by atoms with E-state index in [2.05, 4.69) is 32.8 Å². The number of rotatable bonds is 14. The molecular weight excluding hydrogens is 620 g/mol. The second kappa shape index (κ2) is 17.1. The molecule has 0 atom stereocenters. The summed E-state index contributed by atoms with van der Waals surface area (Å²) in [7, 11) is 1.38. The van der Waals surface area contributed by atoms with E-state index in [-0.39, 0.29) is 30.9 Å². The average Bonchev–Trinajstić information content (AvgIpc) is 3.30. The van der Waals surface area contributed by atoms with Gasteiger partial charge in [0.1, 0.15) is 11.3 Å². The predicted molar refractivity (Wildman–Crippen MR) is 192 cm³/mol. The van der Waals surface area contributed by atoms with Crippen LogP contribution in [0.3, 0.4) is 0 Å². The fourth-order valence-corrected chi connectivity index (χ4v) is 6.57. The summed E-state index contributed by atoms with van der Waals surface area (Å²) in [6.07, 6.45) is 4.58. The summed E-state index contributed by atoms with van der Waals surface area (Å²) in [4.78, 5) is 54.0. The van der Waals surface area contributed by atoms with Crippen molar-refractivity contribution >= 4 is 45.7 Å². The molecule has 49 heavy (non-hydrogen) atoms. The van der Waals surface area contributed by atoms with Gasteiger partial charge in [-0.1, -0.05) is 55.8 Å². The highest BCUT2D eigenvalue weighted by molar-refractivity contribution is 6.06. The van der Waals surface area contributed by atoms with Gasteiger partial charge in [-0.25, -0.2) is 14.8 Å². The predicted octanol–water partition coefficient (Wildman–Crippen LogP) is 4.38. The maximum Gasteiger partial charge on any atom is 0.317 e. The van der Waals surface area contributed by atoms with E-state index in [4.69, 9.17) is 15.5 Å². The maximum atomic E-state index is 14.1. The van der Waals surface area contributed by atoms with Crippen molar-refractivity contribution in [3.8, 4) is 0 Å². The molecule has 1 aliphatic rings. The van der Waals surface area contributed by atoms with E-state index in [1.807, 2.05) is 59.2 Å². The Morgan fingerprint density at radius 2 is 1.80 bits per heavy atom. The summed E-state index contributed by atoms with van der Waals surface area (Å²) in [6, 6.07) is 15.7. The van der Waals surface area contributed by atoms with Crippen LogP contribution < -0.4 is 11.1 Å². The number of aryl methyl sites for hydroxylation is 2. The highest BCUT2D eigenvalue weighted by atomic mass is 16.5. The smallest absolute Gasteiger partial charge is 0.317 e. The maximum absolute atomic E-state index is 14.1. The molecule has 1 saturated heterocycles. The number of nitrogens with two attached hydrogens (primary N) is 1. The van der Waals surface area contributed by atoms with E-state index in [0.29, 0.717) is 58.1 Å². The fourth-order valence-electron chi connectivity index (χ4n) is 6.57. The van der Waals surface area contributed by atoms with Gasteiger partial charge in [0.05, 0.1) is 31.1 Å². The van der Waals surface area contributed by atoms with Gasteiger partial charge < -0.3 is 30.2 Å². The minimum Gasteiger partial charge on any atom is -0.469 e. The van der Waals surface area contributed by atoms with Crippen molar-refractivity contribution in [3.05, 3.63) is 65.5 Å². The molecule has 3 N–H and O–H groups in total. The minimum absolute atomic E-state index is 0.0328. The lowest BCUT2D eigenvalue weighted by atomic mass is 10.1. The SMILES string of the molecule is CCCCc1nc2c(N)nc3ccccc3c2n1CCCN(Cc1cccc(CC(=O)OC)c1)C(=O)CN1CCCN(C(=O)NCC)CC1. The van der Waals surface area contributed by atoms with E-state index in [1.165, 1.54) is 7.11 Å². The number of amides is 3. The van der Waals surface area contributed by atoms with Crippen molar-refractivity contribution in [2.24, 2.45) is 0 Å². The molecule has 1 fully saturated rings. The third-order valence-electron chi connectivity index (χ3n) is 9.11. The normalized spacial score (nSPS) is 13.8. The van der Waals surface area contributed by atoms with E-state index >= 15 is 0 Å². The quantitative estimate of drug-likeness (QED) is 0.189. The number of esters is 1. The molecule has 2 aromatic carbocycles. The number of aromatic nitrogens is 3. The van der Waals surface area contributed by atoms with Gasteiger partial charge in [0.25, 0.3) is 0 Å². The van der Waals surface area contributed by atoms with Crippen LogP contribution >= 0.6 is 0 Å². The molecular formula is C37H50N8O4. The summed E-state index contributed by atoms with van der Waals surface area (Å²) in [5.74, 6) is 1.14. The number of carbonyl (C=O) groups excluding carboxylic acids is 3. The number of hydrogen-bond acceptors (Lipinski definition) is 8. The van der Waals surface area contributed by atoms with Gasteiger partial charge in [0.15, 0.2) is 5.82 Å². The second-order valence-electron chi connectivity index (χ2n) is 12.7. The van der Waals surface area contributed by atoms with Crippen molar-refractivity contribution in [2.75, 3.05) is 58.7 Å². The summed E-state index contributed by atoms with van der Waals surface area (Å²) < 4.78 is 7.15. The number of anilines is 1. The summed E-state index contributed by atoms with van der Waals surface area (Å²) in [6.45, 7) is 9.18. The van der Waals surface area contributed by atoms with Crippen LogP contribution in [0.5, 0.6) is 0 Å². The number of nitrogen functional groups attached to an aromatic ring is 1. The molecule has 12 nitrogen and oxygen atoms in total. The Morgan fingerprint density at radius 1 is 0.980 bits per heavy atom. The lowest BCUT2D eigenvalue weighted by molar-refractivity contribution is -0.139. The van der Waals surface area contributed by atoms with Crippen molar-refractivity contribution in [3.63, 3.8) is 0 Å².